The quantitative estimate of drug-likeness (QED) is 0.318. The van der Waals surface area contributed by atoms with Crippen molar-refractivity contribution >= 4 is 57.5 Å². The lowest BCUT2D eigenvalue weighted by Gasteiger charge is -2.13. The highest BCUT2D eigenvalue weighted by Crippen LogP contribution is 2.27. The maximum atomic E-state index is 12.5. The van der Waals surface area contributed by atoms with Crippen LogP contribution in [0.2, 0.25) is 0 Å². The van der Waals surface area contributed by atoms with Gasteiger partial charge in [-0.1, -0.05) is 36.4 Å². The van der Waals surface area contributed by atoms with E-state index in [2.05, 4.69) is 33.2 Å². The van der Waals surface area contributed by atoms with Crippen LogP contribution in [0.1, 0.15) is 12.5 Å². The second-order valence-electron chi connectivity index (χ2n) is 6.49. The smallest absolute Gasteiger partial charge is 0.237 e. The number of carbonyl (C=O) groups excluding carboxylic acids is 2. The molecule has 0 aromatic heterocycles. The van der Waals surface area contributed by atoms with Gasteiger partial charge in [0.15, 0.2) is 0 Å². The fourth-order valence-corrected chi connectivity index (χ4v) is 3.95. The van der Waals surface area contributed by atoms with E-state index in [1.54, 1.807) is 0 Å². The summed E-state index contributed by atoms with van der Waals surface area (Å²) in [5, 5.41) is 5.58. The summed E-state index contributed by atoms with van der Waals surface area (Å²) in [6.07, 6.45) is 0.326. The number of anilines is 2. The lowest BCUT2D eigenvalue weighted by Crippen LogP contribution is -2.22. The SMILES string of the molecule is CC(Sc1cccc(NC(=O)Cc2ccccc2)c1)C(=O)Nc1ccc(I)cc1. The number of benzene rings is 3. The maximum absolute atomic E-state index is 12.5. The molecular weight excluding hydrogens is 495 g/mol. The second kappa shape index (κ2) is 10.5. The summed E-state index contributed by atoms with van der Waals surface area (Å²) >= 11 is 3.68. The van der Waals surface area contributed by atoms with Gasteiger partial charge in [0.1, 0.15) is 0 Å². The van der Waals surface area contributed by atoms with E-state index in [-0.39, 0.29) is 17.1 Å². The van der Waals surface area contributed by atoms with Gasteiger partial charge in [-0.3, -0.25) is 9.59 Å². The molecule has 0 aliphatic carbocycles. The van der Waals surface area contributed by atoms with Gasteiger partial charge in [-0.2, -0.15) is 0 Å². The van der Waals surface area contributed by atoms with Crippen LogP contribution >= 0.6 is 34.4 Å². The Hall–Kier alpha value is -2.32. The zero-order valence-electron chi connectivity index (χ0n) is 15.9. The number of halogens is 1. The lowest BCUT2D eigenvalue weighted by atomic mass is 10.1. The molecule has 0 fully saturated rings. The van der Waals surface area contributed by atoms with Gasteiger partial charge in [-0.25, -0.2) is 0 Å². The molecule has 1 unspecified atom stereocenters. The number of nitrogens with one attached hydrogen (secondary N) is 2. The third-order valence-corrected chi connectivity index (χ3v) is 5.93. The minimum atomic E-state index is -0.274. The zero-order valence-corrected chi connectivity index (χ0v) is 18.9. The molecule has 2 amide bonds. The van der Waals surface area contributed by atoms with Gasteiger partial charge in [-0.05, 0) is 77.5 Å². The van der Waals surface area contributed by atoms with Crippen molar-refractivity contribution in [2.24, 2.45) is 0 Å². The molecule has 3 aromatic carbocycles. The van der Waals surface area contributed by atoms with Crippen LogP contribution < -0.4 is 10.6 Å². The highest BCUT2D eigenvalue weighted by atomic mass is 127. The van der Waals surface area contributed by atoms with Gasteiger partial charge in [0.2, 0.25) is 11.8 Å². The van der Waals surface area contributed by atoms with Crippen LogP contribution in [0.5, 0.6) is 0 Å². The predicted octanol–water partition coefficient (Wildman–Crippen LogP) is 5.59. The van der Waals surface area contributed by atoms with E-state index in [1.807, 2.05) is 85.8 Å². The summed E-state index contributed by atoms with van der Waals surface area (Å²) in [6.45, 7) is 1.87. The Bertz CT molecular complexity index is 978. The first-order chi connectivity index (χ1) is 14.0. The molecule has 0 heterocycles. The van der Waals surface area contributed by atoms with Gasteiger partial charge in [0.05, 0.1) is 11.7 Å². The van der Waals surface area contributed by atoms with Gasteiger partial charge < -0.3 is 10.6 Å². The van der Waals surface area contributed by atoms with Crippen molar-refractivity contribution in [2.45, 2.75) is 23.5 Å². The predicted molar refractivity (Wildman–Crippen MR) is 128 cm³/mol. The Kier molecular flexibility index (Phi) is 7.71. The molecule has 4 nitrogen and oxygen atoms in total. The van der Waals surface area contributed by atoms with E-state index in [4.69, 9.17) is 0 Å². The number of hydrogen-bond acceptors (Lipinski definition) is 3. The summed E-state index contributed by atoms with van der Waals surface area (Å²) < 4.78 is 1.12. The van der Waals surface area contributed by atoms with Crippen LogP contribution in [0.25, 0.3) is 0 Å². The summed E-state index contributed by atoms with van der Waals surface area (Å²) in [5.74, 6) is -0.127. The van der Waals surface area contributed by atoms with E-state index in [9.17, 15) is 9.59 Å². The Morgan fingerprint density at radius 2 is 1.62 bits per heavy atom. The van der Waals surface area contributed by atoms with Crippen molar-refractivity contribution in [2.75, 3.05) is 10.6 Å². The summed E-state index contributed by atoms with van der Waals surface area (Å²) in [7, 11) is 0. The number of thioether (sulfide) groups is 1. The normalized spacial score (nSPS) is 11.5. The summed E-state index contributed by atoms with van der Waals surface area (Å²) in [6, 6.07) is 24.9. The highest BCUT2D eigenvalue weighted by Gasteiger charge is 2.15. The molecule has 0 aliphatic heterocycles. The van der Waals surface area contributed by atoms with Crippen LogP contribution in [0.15, 0.2) is 83.8 Å². The molecule has 29 heavy (non-hydrogen) atoms. The number of carbonyl (C=O) groups is 2. The summed E-state index contributed by atoms with van der Waals surface area (Å²) in [4.78, 5) is 25.7. The molecular formula is C23H21IN2O2S. The molecule has 3 rings (SSSR count). The third-order valence-electron chi connectivity index (χ3n) is 4.12. The minimum absolute atomic E-state index is 0.0604. The van der Waals surface area contributed by atoms with Gasteiger partial charge in [0.25, 0.3) is 0 Å². The van der Waals surface area contributed by atoms with E-state index >= 15 is 0 Å². The molecule has 0 saturated carbocycles. The first-order valence-corrected chi connectivity index (χ1v) is 11.1. The van der Waals surface area contributed by atoms with Crippen molar-refractivity contribution in [3.05, 3.63) is 88.0 Å². The molecule has 0 aliphatic rings. The first-order valence-electron chi connectivity index (χ1n) is 9.16. The zero-order chi connectivity index (χ0) is 20.6. The Morgan fingerprint density at radius 1 is 0.897 bits per heavy atom. The molecule has 3 aromatic rings. The average molecular weight is 516 g/mol. The van der Waals surface area contributed by atoms with Crippen molar-refractivity contribution in [3.8, 4) is 0 Å². The van der Waals surface area contributed by atoms with Crippen LogP contribution in [0.4, 0.5) is 11.4 Å². The van der Waals surface area contributed by atoms with E-state index in [1.165, 1.54) is 11.8 Å². The Balaban J connectivity index is 1.56. The molecule has 1 atom stereocenters. The monoisotopic (exact) mass is 516 g/mol. The molecule has 0 saturated heterocycles. The maximum Gasteiger partial charge on any atom is 0.237 e. The Morgan fingerprint density at radius 3 is 2.34 bits per heavy atom. The number of hydrogen-bond donors (Lipinski definition) is 2. The standard InChI is InChI=1S/C23H21IN2O2S/c1-16(23(28)26-19-12-10-18(24)11-13-19)29-21-9-5-8-20(15-21)25-22(27)14-17-6-3-2-4-7-17/h2-13,15-16H,14H2,1H3,(H,25,27)(H,26,28). The highest BCUT2D eigenvalue weighted by molar-refractivity contribution is 14.1. The van der Waals surface area contributed by atoms with E-state index in [0.717, 1.165) is 25.4 Å². The molecule has 0 radical (unpaired) electrons. The Labute approximate surface area is 188 Å². The average Bonchev–Trinajstić information content (AvgIpc) is 2.70. The van der Waals surface area contributed by atoms with Gasteiger partial charge in [-0.15, -0.1) is 11.8 Å². The molecule has 6 heteroatoms. The van der Waals surface area contributed by atoms with Crippen LogP contribution in [-0.2, 0) is 16.0 Å². The first kappa shape index (κ1) is 21.4. The van der Waals surface area contributed by atoms with E-state index in [0.29, 0.717) is 6.42 Å². The number of rotatable bonds is 7. The molecule has 0 spiro atoms. The fourth-order valence-electron chi connectivity index (χ4n) is 2.67. The molecule has 148 valence electrons. The van der Waals surface area contributed by atoms with Crippen molar-refractivity contribution in [1.29, 1.82) is 0 Å². The van der Waals surface area contributed by atoms with Crippen LogP contribution in [-0.4, -0.2) is 17.1 Å². The van der Waals surface area contributed by atoms with Crippen molar-refractivity contribution < 1.29 is 9.59 Å². The lowest BCUT2D eigenvalue weighted by molar-refractivity contribution is -0.116. The summed E-state index contributed by atoms with van der Waals surface area (Å²) in [5.41, 5.74) is 2.47. The van der Waals surface area contributed by atoms with Gasteiger partial charge >= 0.3 is 0 Å². The van der Waals surface area contributed by atoms with Crippen LogP contribution in [0, 0.1) is 3.57 Å². The van der Waals surface area contributed by atoms with Crippen molar-refractivity contribution in [3.63, 3.8) is 0 Å². The topological polar surface area (TPSA) is 58.2 Å². The molecule has 2 N–H and O–H groups in total. The largest absolute Gasteiger partial charge is 0.326 e. The second-order valence-corrected chi connectivity index (χ2v) is 9.15. The van der Waals surface area contributed by atoms with Crippen molar-refractivity contribution in [1.82, 2.24) is 0 Å². The third kappa shape index (κ3) is 6.90. The van der Waals surface area contributed by atoms with Gasteiger partial charge in [0, 0.05) is 19.8 Å². The molecule has 0 bridgehead atoms. The number of amides is 2. The van der Waals surface area contributed by atoms with E-state index < -0.39 is 0 Å². The fraction of sp³-hybridized carbons (Fsp3) is 0.130. The minimum Gasteiger partial charge on any atom is -0.326 e. The van der Waals surface area contributed by atoms with Crippen LogP contribution in [0.3, 0.4) is 0 Å².